The van der Waals surface area contributed by atoms with Crippen molar-refractivity contribution in [1.29, 1.82) is 0 Å². The maximum Gasteiger partial charge on any atom is 0.0474 e. The van der Waals surface area contributed by atoms with Crippen LogP contribution in [0.25, 0.3) is 0 Å². The van der Waals surface area contributed by atoms with Crippen molar-refractivity contribution in [3.63, 3.8) is 0 Å². The second-order valence-electron chi connectivity index (χ2n) is 5.06. The molecule has 0 saturated carbocycles. The molecular formula is C17H21ClN2. The molecule has 0 bridgehead atoms. The number of halogens is 1. The molecule has 0 aromatic heterocycles. The number of anilines is 1. The Bertz CT molecular complexity index is 554. The highest BCUT2D eigenvalue weighted by Gasteiger charge is 2.10. The van der Waals surface area contributed by atoms with Gasteiger partial charge in [-0.1, -0.05) is 48.0 Å². The third kappa shape index (κ3) is 3.53. The van der Waals surface area contributed by atoms with Crippen LogP contribution < -0.4 is 10.2 Å². The number of rotatable bonds is 5. The van der Waals surface area contributed by atoms with Gasteiger partial charge in [-0.2, -0.15) is 0 Å². The van der Waals surface area contributed by atoms with Crippen molar-refractivity contribution < 1.29 is 0 Å². The third-order valence-electron chi connectivity index (χ3n) is 3.59. The van der Waals surface area contributed by atoms with Crippen LogP contribution in [0.3, 0.4) is 0 Å². The van der Waals surface area contributed by atoms with Crippen LogP contribution in [0.15, 0.2) is 48.5 Å². The molecule has 0 saturated heterocycles. The van der Waals surface area contributed by atoms with E-state index in [4.69, 9.17) is 11.6 Å². The summed E-state index contributed by atoms with van der Waals surface area (Å²) in [5.41, 5.74) is 3.55. The van der Waals surface area contributed by atoms with Crippen molar-refractivity contribution in [2.24, 2.45) is 0 Å². The van der Waals surface area contributed by atoms with Crippen LogP contribution in [-0.4, -0.2) is 14.1 Å². The highest BCUT2D eigenvalue weighted by molar-refractivity contribution is 6.31. The van der Waals surface area contributed by atoms with Gasteiger partial charge in [0.1, 0.15) is 0 Å². The molecule has 0 heterocycles. The quantitative estimate of drug-likeness (QED) is 0.884. The lowest BCUT2D eigenvalue weighted by atomic mass is 10.1. The Kier molecular flexibility index (Phi) is 5.05. The zero-order valence-corrected chi connectivity index (χ0v) is 13.0. The number of hydrogen-bond donors (Lipinski definition) is 1. The van der Waals surface area contributed by atoms with E-state index in [1.807, 2.05) is 19.2 Å². The third-order valence-corrected chi connectivity index (χ3v) is 3.91. The molecule has 1 atom stereocenters. The van der Waals surface area contributed by atoms with Gasteiger partial charge < -0.3 is 10.2 Å². The van der Waals surface area contributed by atoms with Crippen molar-refractivity contribution in [2.45, 2.75) is 19.5 Å². The van der Waals surface area contributed by atoms with E-state index in [0.29, 0.717) is 0 Å². The lowest BCUT2D eigenvalue weighted by Crippen LogP contribution is -2.17. The molecule has 1 unspecified atom stereocenters. The summed E-state index contributed by atoms with van der Waals surface area (Å²) < 4.78 is 0. The molecule has 3 heteroatoms. The first-order valence-corrected chi connectivity index (χ1v) is 7.21. The lowest BCUT2D eigenvalue weighted by molar-refractivity contribution is 0.652. The molecule has 2 aromatic rings. The summed E-state index contributed by atoms with van der Waals surface area (Å²) in [6.45, 7) is 2.98. The minimum Gasteiger partial charge on any atom is -0.370 e. The van der Waals surface area contributed by atoms with Crippen molar-refractivity contribution in [3.8, 4) is 0 Å². The molecule has 0 radical (unpaired) electrons. The standard InChI is InChI=1S/C17H21ClN2/c1-13(19-2)16-10-9-15(11-17(16)18)20(3)12-14-7-5-4-6-8-14/h4-11,13,19H,12H2,1-3H3. The van der Waals surface area contributed by atoms with Gasteiger partial charge in [-0.15, -0.1) is 0 Å². The fourth-order valence-corrected chi connectivity index (χ4v) is 2.55. The first-order chi connectivity index (χ1) is 9.61. The molecule has 1 N–H and O–H groups in total. The van der Waals surface area contributed by atoms with Crippen molar-refractivity contribution in [3.05, 3.63) is 64.7 Å². The van der Waals surface area contributed by atoms with E-state index < -0.39 is 0 Å². The van der Waals surface area contributed by atoms with Crippen LogP contribution in [0, 0.1) is 0 Å². The molecule has 2 rings (SSSR count). The monoisotopic (exact) mass is 288 g/mol. The van der Waals surface area contributed by atoms with Crippen LogP contribution in [0.4, 0.5) is 5.69 Å². The Morgan fingerprint density at radius 2 is 1.85 bits per heavy atom. The first kappa shape index (κ1) is 14.9. The average Bonchev–Trinajstić information content (AvgIpc) is 2.47. The van der Waals surface area contributed by atoms with E-state index in [0.717, 1.165) is 22.8 Å². The molecule has 2 nitrogen and oxygen atoms in total. The molecule has 0 aliphatic heterocycles. The van der Waals surface area contributed by atoms with Crippen LogP contribution in [0.1, 0.15) is 24.1 Å². The number of hydrogen-bond acceptors (Lipinski definition) is 2. The predicted octanol–water partition coefficient (Wildman–Crippen LogP) is 4.26. The van der Waals surface area contributed by atoms with Gasteiger partial charge in [0.2, 0.25) is 0 Å². The highest BCUT2D eigenvalue weighted by Crippen LogP contribution is 2.28. The van der Waals surface area contributed by atoms with E-state index in [1.54, 1.807) is 0 Å². The van der Waals surface area contributed by atoms with Gasteiger partial charge >= 0.3 is 0 Å². The summed E-state index contributed by atoms with van der Waals surface area (Å²) in [7, 11) is 4.02. The van der Waals surface area contributed by atoms with Gasteiger partial charge in [0.15, 0.2) is 0 Å². The summed E-state index contributed by atoms with van der Waals surface area (Å²) >= 11 is 6.38. The summed E-state index contributed by atoms with van der Waals surface area (Å²) in [6.07, 6.45) is 0. The first-order valence-electron chi connectivity index (χ1n) is 6.83. The summed E-state index contributed by atoms with van der Waals surface area (Å²) in [6, 6.07) is 16.9. The maximum atomic E-state index is 6.38. The fraction of sp³-hybridized carbons (Fsp3) is 0.294. The van der Waals surface area contributed by atoms with Gasteiger partial charge in [0, 0.05) is 30.3 Å². The predicted molar refractivity (Wildman–Crippen MR) is 87.5 cm³/mol. The van der Waals surface area contributed by atoms with Crippen LogP contribution in [-0.2, 0) is 6.54 Å². The Morgan fingerprint density at radius 1 is 1.15 bits per heavy atom. The second-order valence-corrected chi connectivity index (χ2v) is 5.47. The van der Waals surface area contributed by atoms with Crippen LogP contribution >= 0.6 is 11.6 Å². The molecule has 2 aromatic carbocycles. The zero-order valence-electron chi connectivity index (χ0n) is 12.2. The summed E-state index contributed by atoms with van der Waals surface area (Å²) in [4.78, 5) is 2.20. The van der Waals surface area contributed by atoms with Gasteiger partial charge in [-0.3, -0.25) is 0 Å². The molecule has 20 heavy (non-hydrogen) atoms. The second kappa shape index (κ2) is 6.78. The summed E-state index contributed by atoms with van der Waals surface area (Å²) in [5, 5.41) is 4.02. The van der Waals surface area contributed by atoms with Gasteiger partial charge in [0.05, 0.1) is 0 Å². The SMILES string of the molecule is CNC(C)c1ccc(N(C)Cc2ccccc2)cc1Cl. The van der Waals surface area contributed by atoms with Crippen LogP contribution in [0.2, 0.25) is 5.02 Å². The van der Waals surface area contributed by atoms with Crippen molar-refractivity contribution >= 4 is 17.3 Å². The minimum atomic E-state index is 0.260. The molecule has 0 aliphatic rings. The highest BCUT2D eigenvalue weighted by atomic mass is 35.5. The molecule has 106 valence electrons. The van der Waals surface area contributed by atoms with E-state index in [1.165, 1.54) is 5.56 Å². The van der Waals surface area contributed by atoms with E-state index in [2.05, 4.69) is 60.6 Å². The van der Waals surface area contributed by atoms with E-state index in [-0.39, 0.29) is 6.04 Å². The van der Waals surface area contributed by atoms with Crippen LogP contribution in [0.5, 0.6) is 0 Å². The molecule has 0 fully saturated rings. The maximum absolute atomic E-state index is 6.38. The van der Waals surface area contributed by atoms with Gasteiger partial charge in [-0.05, 0) is 37.2 Å². The minimum absolute atomic E-state index is 0.260. The van der Waals surface area contributed by atoms with Gasteiger partial charge in [-0.25, -0.2) is 0 Å². The smallest absolute Gasteiger partial charge is 0.0474 e. The Hall–Kier alpha value is -1.51. The largest absolute Gasteiger partial charge is 0.370 e. The Labute approximate surface area is 126 Å². The van der Waals surface area contributed by atoms with Crippen molar-refractivity contribution in [2.75, 3.05) is 19.0 Å². The Morgan fingerprint density at radius 3 is 2.45 bits per heavy atom. The zero-order chi connectivity index (χ0) is 14.5. The average molecular weight is 289 g/mol. The number of nitrogens with zero attached hydrogens (tertiary/aromatic N) is 1. The van der Waals surface area contributed by atoms with Crippen molar-refractivity contribution in [1.82, 2.24) is 5.32 Å². The molecule has 0 aliphatic carbocycles. The molecule has 0 amide bonds. The van der Waals surface area contributed by atoms with Gasteiger partial charge in [0.25, 0.3) is 0 Å². The lowest BCUT2D eigenvalue weighted by Gasteiger charge is -2.21. The molecular weight excluding hydrogens is 268 g/mol. The number of benzene rings is 2. The topological polar surface area (TPSA) is 15.3 Å². The summed E-state index contributed by atoms with van der Waals surface area (Å²) in [5.74, 6) is 0. The normalized spacial score (nSPS) is 12.2. The number of nitrogens with one attached hydrogen (secondary N) is 1. The van der Waals surface area contributed by atoms with E-state index >= 15 is 0 Å². The fourth-order valence-electron chi connectivity index (χ4n) is 2.21. The van der Waals surface area contributed by atoms with E-state index in [9.17, 15) is 0 Å². The Balaban J connectivity index is 2.15. The molecule has 0 spiro atoms.